The fourth-order valence-electron chi connectivity index (χ4n) is 1.42. The van der Waals surface area contributed by atoms with Crippen molar-refractivity contribution in [2.45, 2.75) is 6.54 Å². The normalized spacial score (nSPS) is 9.39. The lowest BCUT2D eigenvalue weighted by Crippen LogP contribution is -2.22. The summed E-state index contributed by atoms with van der Waals surface area (Å²) in [6.45, 7) is 0.417. The van der Waals surface area contributed by atoms with Gasteiger partial charge in [-0.05, 0) is 23.8 Å². The van der Waals surface area contributed by atoms with Gasteiger partial charge in [0.2, 0.25) is 0 Å². The lowest BCUT2D eigenvalue weighted by molar-refractivity contribution is 0.0951. The van der Waals surface area contributed by atoms with Gasteiger partial charge in [-0.1, -0.05) is 29.8 Å². The summed E-state index contributed by atoms with van der Waals surface area (Å²) < 4.78 is 0. The molecule has 0 spiro atoms. The van der Waals surface area contributed by atoms with Crippen LogP contribution < -0.4 is 5.32 Å². The molecular formula is C13H12Cl2N2O. The summed E-state index contributed by atoms with van der Waals surface area (Å²) in [5.41, 5.74) is 1.49. The van der Waals surface area contributed by atoms with E-state index in [9.17, 15) is 4.79 Å². The van der Waals surface area contributed by atoms with Crippen molar-refractivity contribution in [2.75, 3.05) is 0 Å². The van der Waals surface area contributed by atoms with Crippen LogP contribution in [-0.2, 0) is 6.54 Å². The zero-order valence-electron chi connectivity index (χ0n) is 9.47. The van der Waals surface area contributed by atoms with E-state index < -0.39 is 0 Å². The van der Waals surface area contributed by atoms with Crippen molar-refractivity contribution in [3.8, 4) is 0 Å². The Bertz CT molecular complexity index is 517. The fourth-order valence-corrected chi connectivity index (χ4v) is 1.63. The Kier molecular flexibility index (Phi) is 5.62. The highest BCUT2D eigenvalue weighted by Crippen LogP contribution is 2.14. The number of carbonyl (C=O) groups excluding carboxylic acids is 1. The summed E-state index contributed by atoms with van der Waals surface area (Å²) in [7, 11) is 0. The molecule has 0 saturated heterocycles. The number of nitrogens with zero attached hydrogens (tertiary/aromatic N) is 1. The molecule has 0 atom stereocenters. The van der Waals surface area contributed by atoms with Crippen LogP contribution in [0.25, 0.3) is 0 Å². The average molecular weight is 283 g/mol. The van der Waals surface area contributed by atoms with Gasteiger partial charge in [-0.3, -0.25) is 9.78 Å². The van der Waals surface area contributed by atoms with E-state index in [2.05, 4.69) is 10.3 Å². The first-order chi connectivity index (χ1) is 8.27. The average Bonchev–Trinajstić information content (AvgIpc) is 2.38. The maximum atomic E-state index is 11.7. The minimum Gasteiger partial charge on any atom is -0.348 e. The molecule has 0 aliphatic carbocycles. The second-order valence-corrected chi connectivity index (χ2v) is 3.92. The Morgan fingerprint density at radius 1 is 1.17 bits per heavy atom. The van der Waals surface area contributed by atoms with Gasteiger partial charge in [0, 0.05) is 29.5 Å². The predicted molar refractivity (Wildman–Crippen MR) is 74.1 cm³/mol. The second kappa shape index (κ2) is 6.99. The van der Waals surface area contributed by atoms with Crippen LogP contribution in [0.2, 0.25) is 5.02 Å². The van der Waals surface area contributed by atoms with Crippen LogP contribution in [0.3, 0.4) is 0 Å². The summed E-state index contributed by atoms with van der Waals surface area (Å²) in [5.74, 6) is -0.132. The monoisotopic (exact) mass is 282 g/mol. The van der Waals surface area contributed by atoms with Crippen LogP contribution in [0.5, 0.6) is 0 Å². The molecule has 18 heavy (non-hydrogen) atoms. The van der Waals surface area contributed by atoms with Crippen molar-refractivity contribution in [1.82, 2.24) is 10.3 Å². The van der Waals surface area contributed by atoms with Crippen LogP contribution in [0.15, 0.2) is 48.8 Å². The molecular weight excluding hydrogens is 271 g/mol. The molecule has 0 saturated carbocycles. The van der Waals surface area contributed by atoms with Crippen LogP contribution in [0.4, 0.5) is 0 Å². The van der Waals surface area contributed by atoms with E-state index in [1.54, 1.807) is 30.6 Å². The van der Waals surface area contributed by atoms with E-state index in [0.29, 0.717) is 17.1 Å². The molecule has 2 rings (SSSR count). The predicted octanol–water partition coefficient (Wildman–Crippen LogP) is 3.09. The largest absolute Gasteiger partial charge is 0.348 e. The number of amides is 1. The van der Waals surface area contributed by atoms with E-state index in [4.69, 9.17) is 11.6 Å². The topological polar surface area (TPSA) is 42.0 Å². The van der Waals surface area contributed by atoms with Gasteiger partial charge in [-0.2, -0.15) is 0 Å². The minimum atomic E-state index is -0.132. The summed E-state index contributed by atoms with van der Waals surface area (Å²) in [5, 5.41) is 3.46. The number of benzene rings is 1. The molecule has 2 aromatic rings. The van der Waals surface area contributed by atoms with Crippen molar-refractivity contribution in [3.05, 3.63) is 64.9 Å². The highest BCUT2D eigenvalue weighted by molar-refractivity contribution is 6.31. The van der Waals surface area contributed by atoms with Crippen molar-refractivity contribution >= 4 is 29.9 Å². The van der Waals surface area contributed by atoms with Gasteiger partial charge in [-0.25, -0.2) is 0 Å². The van der Waals surface area contributed by atoms with Crippen LogP contribution in [-0.4, -0.2) is 10.9 Å². The van der Waals surface area contributed by atoms with Gasteiger partial charge in [0.25, 0.3) is 5.91 Å². The fraction of sp³-hybridized carbons (Fsp3) is 0.0769. The molecule has 0 fully saturated rings. The number of pyridine rings is 1. The van der Waals surface area contributed by atoms with Crippen molar-refractivity contribution in [2.24, 2.45) is 0 Å². The minimum absolute atomic E-state index is 0. The Hall–Kier alpha value is -1.58. The molecule has 1 aromatic carbocycles. The zero-order chi connectivity index (χ0) is 12.1. The van der Waals surface area contributed by atoms with E-state index >= 15 is 0 Å². The van der Waals surface area contributed by atoms with Crippen LogP contribution >= 0.6 is 24.0 Å². The van der Waals surface area contributed by atoms with Gasteiger partial charge in [-0.15, -0.1) is 12.4 Å². The van der Waals surface area contributed by atoms with Gasteiger partial charge in [0.15, 0.2) is 0 Å². The quantitative estimate of drug-likeness (QED) is 0.940. The number of aromatic nitrogens is 1. The maximum Gasteiger partial charge on any atom is 0.251 e. The third-order valence-corrected chi connectivity index (χ3v) is 2.71. The van der Waals surface area contributed by atoms with Crippen LogP contribution in [0, 0.1) is 0 Å². The number of hydrogen-bond acceptors (Lipinski definition) is 2. The maximum absolute atomic E-state index is 11.7. The molecule has 0 unspecified atom stereocenters. The first kappa shape index (κ1) is 14.5. The van der Waals surface area contributed by atoms with Gasteiger partial charge in [0.1, 0.15) is 0 Å². The molecule has 1 N–H and O–H groups in total. The Labute approximate surface area is 117 Å². The summed E-state index contributed by atoms with van der Waals surface area (Å²) in [6.07, 6.45) is 3.18. The third-order valence-electron chi connectivity index (χ3n) is 2.34. The lowest BCUT2D eigenvalue weighted by atomic mass is 10.2. The molecule has 1 aromatic heterocycles. The number of carbonyl (C=O) groups is 1. The summed E-state index contributed by atoms with van der Waals surface area (Å²) in [6, 6.07) is 10.8. The highest BCUT2D eigenvalue weighted by Gasteiger charge is 2.05. The molecule has 0 aliphatic rings. The first-order valence-corrected chi connectivity index (χ1v) is 5.57. The molecule has 3 nitrogen and oxygen atoms in total. The van der Waals surface area contributed by atoms with E-state index in [-0.39, 0.29) is 18.3 Å². The van der Waals surface area contributed by atoms with Crippen molar-refractivity contribution in [1.29, 1.82) is 0 Å². The number of rotatable bonds is 3. The first-order valence-electron chi connectivity index (χ1n) is 5.19. The second-order valence-electron chi connectivity index (χ2n) is 3.51. The third kappa shape index (κ3) is 3.72. The van der Waals surface area contributed by atoms with Gasteiger partial charge < -0.3 is 5.32 Å². The highest BCUT2D eigenvalue weighted by atomic mass is 35.5. The van der Waals surface area contributed by atoms with Crippen molar-refractivity contribution in [3.63, 3.8) is 0 Å². The molecule has 5 heteroatoms. The van der Waals surface area contributed by atoms with E-state index in [0.717, 1.165) is 5.56 Å². The molecule has 94 valence electrons. The van der Waals surface area contributed by atoms with Gasteiger partial charge >= 0.3 is 0 Å². The Morgan fingerprint density at radius 2 is 1.83 bits per heavy atom. The number of halogens is 2. The van der Waals surface area contributed by atoms with E-state index in [1.165, 1.54) is 0 Å². The molecule has 0 aliphatic heterocycles. The smallest absolute Gasteiger partial charge is 0.251 e. The number of hydrogen-bond donors (Lipinski definition) is 1. The summed E-state index contributed by atoms with van der Waals surface area (Å²) in [4.78, 5) is 15.6. The lowest BCUT2D eigenvalue weighted by Gasteiger charge is -2.06. The molecule has 1 heterocycles. The molecule has 1 amide bonds. The Morgan fingerprint density at radius 3 is 2.50 bits per heavy atom. The number of nitrogens with one attached hydrogen (secondary N) is 1. The Balaban J connectivity index is 0.00000162. The molecule has 0 bridgehead atoms. The summed E-state index contributed by atoms with van der Waals surface area (Å²) >= 11 is 5.99. The van der Waals surface area contributed by atoms with Gasteiger partial charge in [0.05, 0.1) is 0 Å². The standard InChI is InChI=1S/C13H11ClN2O.ClH/c14-12-4-2-1-3-11(12)9-16-13(17)10-5-7-15-8-6-10;/h1-8H,9H2,(H,16,17);1H. The van der Waals surface area contributed by atoms with Crippen molar-refractivity contribution < 1.29 is 4.79 Å². The molecule has 0 radical (unpaired) electrons. The SMILES string of the molecule is Cl.O=C(NCc1ccccc1Cl)c1ccncc1. The zero-order valence-corrected chi connectivity index (χ0v) is 11.0. The van der Waals surface area contributed by atoms with E-state index in [1.807, 2.05) is 18.2 Å². The van der Waals surface area contributed by atoms with Crippen LogP contribution in [0.1, 0.15) is 15.9 Å².